The van der Waals surface area contributed by atoms with Crippen LogP contribution in [0.25, 0.3) is 0 Å². The van der Waals surface area contributed by atoms with Crippen molar-refractivity contribution in [2.24, 2.45) is 10.4 Å². The highest BCUT2D eigenvalue weighted by Gasteiger charge is 2.36. The SMILES string of the molecule is CCNC(=NCC1(CCOCC)CCCC1)NCC1(c2ccc(OC)cc2)CCOCC1. The summed E-state index contributed by atoms with van der Waals surface area (Å²) in [6.07, 6.45) is 8.26. The van der Waals surface area contributed by atoms with Gasteiger partial charge in [0.15, 0.2) is 5.96 Å². The van der Waals surface area contributed by atoms with Crippen LogP contribution in [0.3, 0.4) is 0 Å². The lowest BCUT2D eigenvalue weighted by Gasteiger charge is -2.38. The normalized spacial score (nSPS) is 20.2. The van der Waals surface area contributed by atoms with E-state index in [-0.39, 0.29) is 5.41 Å². The first-order valence-electron chi connectivity index (χ1n) is 12.5. The zero-order chi connectivity index (χ0) is 22.7. The number of nitrogens with zero attached hydrogens (tertiary/aromatic N) is 1. The molecule has 0 unspecified atom stereocenters. The predicted octanol–water partition coefficient (Wildman–Crippen LogP) is 4.29. The molecule has 32 heavy (non-hydrogen) atoms. The number of nitrogens with one attached hydrogen (secondary N) is 2. The molecule has 0 spiro atoms. The van der Waals surface area contributed by atoms with Crippen LogP contribution < -0.4 is 15.4 Å². The second-order valence-electron chi connectivity index (χ2n) is 9.32. The van der Waals surface area contributed by atoms with Crippen LogP contribution in [0.5, 0.6) is 5.75 Å². The summed E-state index contributed by atoms with van der Waals surface area (Å²) in [5, 5.41) is 7.16. The molecule has 2 aliphatic rings. The Balaban J connectivity index is 1.70. The van der Waals surface area contributed by atoms with E-state index in [2.05, 4.69) is 48.7 Å². The number of guanidine groups is 1. The molecule has 1 aliphatic carbocycles. The Hall–Kier alpha value is -1.79. The van der Waals surface area contributed by atoms with Gasteiger partial charge in [-0.15, -0.1) is 0 Å². The van der Waals surface area contributed by atoms with Gasteiger partial charge >= 0.3 is 0 Å². The second kappa shape index (κ2) is 12.4. The van der Waals surface area contributed by atoms with Gasteiger partial charge in [-0.25, -0.2) is 0 Å². The van der Waals surface area contributed by atoms with E-state index in [1.807, 2.05) is 0 Å². The maximum absolute atomic E-state index is 5.71. The monoisotopic (exact) mass is 445 g/mol. The molecule has 0 aromatic heterocycles. The van der Waals surface area contributed by atoms with Gasteiger partial charge in [-0.05, 0) is 69.1 Å². The molecule has 0 radical (unpaired) electrons. The minimum atomic E-state index is 0.0424. The highest BCUT2D eigenvalue weighted by atomic mass is 16.5. The Labute approximate surface area is 194 Å². The predicted molar refractivity (Wildman–Crippen MR) is 131 cm³/mol. The first kappa shape index (κ1) is 24.8. The molecule has 180 valence electrons. The van der Waals surface area contributed by atoms with Crippen molar-refractivity contribution in [1.82, 2.24) is 10.6 Å². The molecule has 6 heteroatoms. The van der Waals surface area contributed by atoms with Crippen LogP contribution in [0.1, 0.15) is 64.4 Å². The van der Waals surface area contributed by atoms with Gasteiger partial charge in [0, 0.05) is 51.5 Å². The molecule has 1 heterocycles. The van der Waals surface area contributed by atoms with Gasteiger partial charge in [-0.1, -0.05) is 25.0 Å². The third kappa shape index (κ3) is 6.61. The molecule has 0 atom stereocenters. The number of hydrogen-bond acceptors (Lipinski definition) is 4. The number of ether oxygens (including phenoxy) is 3. The summed E-state index contributed by atoms with van der Waals surface area (Å²) in [5.74, 6) is 1.82. The molecule has 2 N–H and O–H groups in total. The van der Waals surface area contributed by atoms with E-state index in [9.17, 15) is 0 Å². The van der Waals surface area contributed by atoms with Crippen LogP contribution in [-0.4, -0.2) is 59.1 Å². The summed E-state index contributed by atoms with van der Waals surface area (Å²) in [6, 6.07) is 8.54. The Kier molecular flexibility index (Phi) is 9.67. The lowest BCUT2D eigenvalue weighted by molar-refractivity contribution is 0.0513. The van der Waals surface area contributed by atoms with Gasteiger partial charge in [0.25, 0.3) is 0 Å². The molecule has 1 aliphatic heterocycles. The van der Waals surface area contributed by atoms with Gasteiger partial charge in [-0.2, -0.15) is 0 Å². The van der Waals surface area contributed by atoms with Gasteiger partial charge < -0.3 is 24.8 Å². The maximum atomic E-state index is 5.71. The molecule has 1 saturated carbocycles. The molecule has 1 saturated heterocycles. The highest BCUT2D eigenvalue weighted by molar-refractivity contribution is 5.80. The van der Waals surface area contributed by atoms with E-state index >= 15 is 0 Å². The number of methoxy groups -OCH3 is 1. The molecule has 0 amide bonds. The molecule has 0 bridgehead atoms. The largest absolute Gasteiger partial charge is 0.497 e. The fourth-order valence-corrected chi connectivity index (χ4v) is 5.16. The van der Waals surface area contributed by atoms with Crippen molar-refractivity contribution in [3.8, 4) is 5.75 Å². The highest BCUT2D eigenvalue weighted by Crippen LogP contribution is 2.41. The van der Waals surface area contributed by atoms with Crippen molar-refractivity contribution in [1.29, 1.82) is 0 Å². The summed E-state index contributed by atoms with van der Waals surface area (Å²) >= 11 is 0. The fraction of sp³-hybridized carbons (Fsp3) is 0.731. The van der Waals surface area contributed by atoms with E-state index in [0.29, 0.717) is 5.41 Å². The third-order valence-electron chi connectivity index (χ3n) is 7.31. The lowest BCUT2D eigenvalue weighted by atomic mass is 9.74. The molecule has 1 aromatic carbocycles. The molecule has 6 nitrogen and oxygen atoms in total. The van der Waals surface area contributed by atoms with Gasteiger partial charge in [0.2, 0.25) is 0 Å². The maximum Gasteiger partial charge on any atom is 0.191 e. The average Bonchev–Trinajstić information content (AvgIpc) is 3.31. The van der Waals surface area contributed by atoms with Crippen molar-refractivity contribution in [3.05, 3.63) is 29.8 Å². The van der Waals surface area contributed by atoms with Crippen molar-refractivity contribution >= 4 is 5.96 Å². The number of benzene rings is 1. The fourth-order valence-electron chi connectivity index (χ4n) is 5.16. The van der Waals surface area contributed by atoms with Crippen molar-refractivity contribution in [2.75, 3.05) is 53.2 Å². The first-order chi connectivity index (χ1) is 15.7. The second-order valence-corrected chi connectivity index (χ2v) is 9.32. The molecular formula is C26H43N3O3. The Bertz CT molecular complexity index is 693. The summed E-state index contributed by atoms with van der Waals surface area (Å²) in [7, 11) is 1.71. The Morgan fingerprint density at radius 2 is 1.75 bits per heavy atom. The van der Waals surface area contributed by atoms with Crippen LogP contribution in [0.15, 0.2) is 29.3 Å². The minimum Gasteiger partial charge on any atom is -0.497 e. The molecule has 2 fully saturated rings. The van der Waals surface area contributed by atoms with Crippen LogP contribution in [-0.2, 0) is 14.9 Å². The topological polar surface area (TPSA) is 64.1 Å². The average molecular weight is 446 g/mol. The Morgan fingerprint density at radius 1 is 1.03 bits per heavy atom. The lowest BCUT2D eigenvalue weighted by Crippen LogP contribution is -2.48. The van der Waals surface area contributed by atoms with Crippen LogP contribution in [0.4, 0.5) is 0 Å². The molecular weight excluding hydrogens is 402 g/mol. The van der Waals surface area contributed by atoms with Crippen LogP contribution in [0, 0.1) is 5.41 Å². The van der Waals surface area contributed by atoms with E-state index in [0.717, 1.165) is 77.0 Å². The third-order valence-corrected chi connectivity index (χ3v) is 7.31. The van der Waals surface area contributed by atoms with E-state index in [4.69, 9.17) is 19.2 Å². The molecule has 3 rings (SSSR count). The summed E-state index contributed by atoms with van der Waals surface area (Å²) in [5.41, 5.74) is 1.68. The van der Waals surface area contributed by atoms with Crippen LogP contribution in [0.2, 0.25) is 0 Å². The quantitative estimate of drug-likeness (QED) is 0.302. The number of hydrogen-bond donors (Lipinski definition) is 2. The smallest absolute Gasteiger partial charge is 0.191 e. The van der Waals surface area contributed by atoms with Crippen molar-refractivity contribution in [3.63, 3.8) is 0 Å². The van der Waals surface area contributed by atoms with Gasteiger partial charge in [-0.3, -0.25) is 4.99 Å². The van der Waals surface area contributed by atoms with Gasteiger partial charge in [0.05, 0.1) is 7.11 Å². The summed E-state index contributed by atoms with van der Waals surface area (Å²) < 4.78 is 16.8. The molecule has 1 aromatic rings. The van der Waals surface area contributed by atoms with E-state index in [1.54, 1.807) is 7.11 Å². The first-order valence-corrected chi connectivity index (χ1v) is 12.5. The van der Waals surface area contributed by atoms with Crippen LogP contribution >= 0.6 is 0 Å². The summed E-state index contributed by atoms with van der Waals surface area (Å²) in [6.45, 7) is 10.00. The van der Waals surface area contributed by atoms with Crippen molar-refractivity contribution < 1.29 is 14.2 Å². The number of rotatable bonds is 11. The van der Waals surface area contributed by atoms with Crippen molar-refractivity contribution in [2.45, 2.75) is 64.2 Å². The number of aliphatic imine (C=N–C) groups is 1. The summed E-state index contributed by atoms with van der Waals surface area (Å²) in [4.78, 5) is 5.07. The standard InChI is InChI=1S/C26H43N3O3/c1-4-27-24(28-20-25(12-6-7-13-25)14-17-31-5-2)29-21-26(15-18-32-19-16-26)22-8-10-23(30-3)11-9-22/h8-11H,4-7,12-21H2,1-3H3,(H2,27,28,29). The van der Waals surface area contributed by atoms with E-state index < -0.39 is 0 Å². The Morgan fingerprint density at radius 3 is 2.38 bits per heavy atom. The zero-order valence-electron chi connectivity index (χ0n) is 20.4. The van der Waals surface area contributed by atoms with Gasteiger partial charge in [0.1, 0.15) is 5.75 Å². The minimum absolute atomic E-state index is 0.0424. The van der Waals surface area contributed by atoms with E-state index in [1.165, 1.54) is 31.2 Å². The zero-order valence-corrected chi connectivity index (χ0v) is 20.4.